The van der Waals surface area contributed by atoms with Gasteiger partial charge in [-0.05, 0) is 35.6 Å². The van der Waals surface area contributed by atoms with Crippen LogP contribution in [0.5, 0.6) is 0 Å². The van der Waals surface area contributed by atoms with Crippen molar-refractivity contribution in [3.63, 3.8) is 0 Å². The molecule has 0 atom stereocenters. The van der Waals surface area contributed by atoms with Crippen molar-refractivity contribution >= 4 is 58.8 Å². The molecule has 2 amide bonds. The van der Waals surface area contributed by atoms with Gasteiger partial charge in [-0.3, -0.25) is 9.59 Å². The van der Waals surface area contributed by atoms with E-state index in [0.717, 1.165) is 24.2 Å². The van der Waals surface area contributed by atoms with Gasteiger partial charge in [0.15, 0.2) is 5.96 Å². The second-order valence-corrected chi connectivity index (χ2v) is 8.09. The Bertz CT molecular complexity index is 853. The summed E-state index contributed by atoms with van der Waals surface area (Å²) in [4.78, 5) is 33.0. The zero-order valence-corrected chi connectivity index (χ0v) is 20.4. The molecular formula is C21H28IN5O2S. The maximum atomic E-state index is 11.9. The van der Waals surface area contributed by atoms with Crippen molar-refractivity contribution in [1.82, 2.24) is 15.5 Å². The van der Waals surface area contributed by atoms with E-state index in [-0.39, 0.29) is 42.3 Å². The number of carbonyl (C=O) groups is 2. The number of hydrogen-bond acceptors (Lipinski definition) is 4. The molecule has 0 spiro atoms. The monoisotopic (exact) mass is 541 g/mol. The fraction of sp³-hybridized carbons (Fsp3) is 0.381. The molecule has 30 heavy (non-hydrogen) atoms. The zero-order chi connectivity index (χ0) is 20.6. The van der Waals surface area contributed by atoms with Gasteiger partial charge in [0.05, 0.1) is 19.6 Å². The largest absolute Gasteiger partial charge is 0.351 e. The van der Waals surface area contributed by atoms with E-state index in [1.54, 1.807) is 30.3 Å². The van der Waals surface area contributed by atoms with Crippen molar-refractivity contribution in [3.05, 3.63) is 52.2 Å². The van der Waals surface area contributed by atoms with Crippen LogP contribution in [-0.4, -0.2) is 49.9 Å². The number of carbonyl (C=O) groups excluding carboxylic acids is 2. The molecule has 1 fully saturated rings. The highest BCUT2D eigenvalue weighted by molar-refractivity contribution is 14.0. The molecule has 1 saturated heterocycles. The van der Waals surface area contributed by atoms with Gasteiger partial charge in [0, 0.05) is 37.6 Å². The van der Waals surface area contributed by atoms with E-state index in [0.29, 0.717) is 25.5 Å². The summed E-state index contributed by atoms with van der Waals surface area (Å²) in [7, 11) is 3.46. The van der Waals surface area contributed by atoms with Gasteiger partial charge in [0.25, 0.3) is 0 Å². The second kappa shape index (κ2) is 11.9. The number of nitrogens with one attached hydrogen (secondary N) is 2. The van der Waals surface area contributed by atoms with Gasteiger partial charge in [-0.1, -0.05) is 18.2 Å². The molecule has 7 nitrogen and oxygen atoms in total. The van der Waals surface area contributed by atoms with Crippen LogP contribution in [0.3, 0.4) is 0 Å². The fourth-order valence-electron chi connectivity index (χ4n) is 2.95. The number of likely N-dealkylation sites (N-methyl/N-ethyl adjacent to an activating group) is 1. The summed E-state index contributed by atoms with van der Waals surface area (Å²) in [6, 6.07) is 12.0. The summed E-state index contributed by atoms with van der Waals surface area (Å²) in [5, 5.41) is 8.40. The van der Waals surface area contributed by atoms with E-state index >= 15 is 0 Å². The predicted octanol–water partition coefficient (Wildman–Crippen LogP) is 2.82. The lowest BCUT2D eigenvalue weighted by atomic mass is 10.2. The van der Waals surface area contributed by atoms with Gasteiger partial charge < -0.3 is 20.4 Å². The highest BCUT2D eigenvalue weighted by Gasteiger charge is 2.21. The minimum absolute atomic E-state index is 0. The third-order valence-corrected chi connectivity index (χ3v) is 5.53. The third kappa shape index (κ3) is 6.98. The van der Waals surface area contributed by atoms with Crippen molar-refractivity contribution in [3.8, 4) is 0 Å². The number of amides is 2. The first-order chi connectivity index (χ1) is 14.0. The predicted molar refractivity (Wildman–Crippen MR) is 132 cm³/mol. The standard InChI is InChI=1S/C21H27N5O2S.HI/c1-25(2)20(28)15-24-21(23-14-18-5-4-12-29-18)22-13-16-7-9-17(10-8-16)26-11-3-6-19(26)27;/h4-5,7-10,12H,3,6,11,13-15H2,1-2H3,(H2,22,23,24);1H. The van der Waals surface area contributed by atoms with Crippen LogP contribution < -0.4 is 15.5 Å². The number of rotatable bonds is 7. The van der Waals surface area contributed by atoms with E-state index in [4.69, 9.17) is 0 Å². The van der Waals surface area contributed by atoms with Gasteiger partial charge in [0.2, 0.25) is 11.8 Å². The molecule has 162 valence electrons. The van der Waals surface area contributed by atoms with Crippen molar-refractivity contribution in [2.45, 2.75) is 25.9 Å². The number of benzene rings is 1. The number of aliphatic imine (C=N–C) groups is 1. The van der Waals surface area contributed by atoms with E-state index in [2.05, 4.69) is 21.7 Å². The lowest BCUT2D eigenvalue weighted by Crippen LogP contribution is -2.42. The van der Waals surface area contributed by atoms with Gasteiger partial charge in [-0.25, -0.2) is 4.99 Å². The van der Waals surface area contributed by atoms with E-state index in [1.165, 1.54) is 4.88 Å². The molecule has 0 bridgehead atoms. The van der Waals surface area contributed by atoms with Crippen LogP contribution in [0.2, 0.25) is 0 Å². The number of guanidine groups is 1. The SMILES string of the molecule is CN(C)C(=O)CNC(=NCc1ccc(N2CCCC2=O)cc1)NCc1cccs1.I. The van der Waals surface area contributed by atoms with Crippen molar-refractivity contribution in [2.24, 2.45) is 4.99 Å². The molecule has 3 rings (SSSR count). The van der Waals surface area contributed by atoms with Crippen LogP contribution in [0.4, 0.5) is 5.69 Å². The molecule has 2 heterocycles. The first kappa shape index (κ1) is 24.1. The summed E-state index contributed by atoms with van der Waals surface area (Å²) >= 11 is 1.67. The molecule has 0 saturated carbocycles. The number of hydrogen-bond donors (Lipinski definition) is 2. The Morgan fingerprint density at radius 3 is 2.57 bits per heavy atom. The van der Waals surface area contributed by atoms with Crippen LogP contribution in [0.15, 0.2) is 46.8 Å². The molecule has 0 unspecified atom stereocenters. The van der Waals surface area contributed by atoms with Gasteiger partial charge >= 0.3 is 0 Å². The average Bonchev–Trinajstić information content (AvgIpc) is 3.39. The number of halogens is 1. The highest BCUT2D eigenvalue weighted by Crippen LogP contribution is 2.21. The molecule has 2 N–H and O–H groups in total. The quantitative estimate of drug-likeness (QED) is 0.321. The average molecular weight is 541 g/mol. The normalized spacial score (nSPS) is 13.7. The van der Waals surface area contributed by atoms with Crippen molar-refractivity contribution in [1.29, 1.82) is 0 Å². The van der Waals surface area contributed by atoms with Crippen LogP contribution in [-0.2, 0) is 22.7 Å². The van der Waals surface area contributed by atoms with E-state index in [1.807, 2.05) is 40.6 Å². The lowest BCUT2D eigenvalue weighted by molar-refractivity contribution is -0.127. The first-order valence-electron chi connectivity index (χ1n) is 9.67. The van der Waals surface area contributed by atoms with Crippen LogP contribution in [0.1, 0.15) is 23.3 Å². The summed E-state index contributed by atoms with van der Waals surface area (Å²) in [6.45, 7) is 2.09. The maximum Gasteiger partial charge on any atom is 0.241 e. The Balaban J connectivity index is 0.00000320. The molecule has 0 aliphatic carbocycles. The third-order valence-electron chi connectivity index (χ3n) is 4.66. The van der Waals surface area contributed by atoms with Gasteiger partial charge in [-0.2, -0.15) is 0 Å². The molecule has 1 aromatic carbocycles. The molecule has 1 aliphatic heterocycles. The minimum atomic E-state index is -0.0183. The zero-order valence-electron chi connectivity index (χ0n) is 17.3. The Morgan fingerprint density at radius 2 is 1.97 bits per heavy atom. The number of thiophene rings is 1. The molecule has 2 aromatic rings. The Kier molecular flexibility index (Phi) is 9.57. The number of anilines is 1. The molecule has 0 radical (unpaired) electrons. The van der Waals surface area contributed by atoms with E-state index in [9.17, 15) is 9.59 Å². The minimum Gasteiger partial charge on any atom is -0.351 e. The smallest absolute Gasteiger partial charge is 0.241 e. The van der Waals surface area contributed by atoms with Crippen molar-refractivity contribution < 1.29 is 9.59 Å². The molecule has 1 aromatic heterocycles. The Morgan fingerprint density at radius 1 is 1.20 bits per heavy atom. The first-order valence-corrected chi connectivity index (χ1v) is 10.5. The maximum absolute atomic E-state index is 11.9. The Hall–Kier alpha value is -2.14. The molecule has 9 heteroatoms. The summed E-state index contributed by atoms with van der Waals surface area (Å²) in [5.41, 5.74) is 1.97. The summed E-state index contributed by atoms with van der Waals surface area (Å²) < 4.78 is 0. The second-order valence-electron chi connectivity index (χ2n) is 7.05. The summed E-state index contributed by atoms with van der Waals surface area (Å²) in [6.07, 6.45) is 1.55. The Labute approximate surface area is 198 Å². The topological polar surface area (TPSA) is 77.0 Å². The van der Waals surface area contributed by atoms with Crippen LogP contribution in [0, 0.1) is 0 Å². The molecule has 1 aliphatic rings. The highest BCUT2D eigenvalue weighted by atomic mass is 127. The van der Waals surface area contributed by atoms with Crippen molar-refractivity contribution in [2.75, 3.05) is 32.1 Å². The van der Waals surface area contributed by atoms with Gasteiger partial charge in [0.1, 0.15) is 0 Å². The fourth-order valence-corrected chi connectivity index (χ4v) is 3.59. The summed E-state index contributed by atoms with van der Waals surface area (Å²) in [5.74, 6) is 0.758. The molecular weight excluding hydrogens is 513 g/mol. The number of nitrogens with zero attached hydrogens (tertiary/aromatic N) is 3. The van der Waals surface area contributed by atoms with Gasteiger partial charge in [-0.15, -0.1) is 35.3 Å². The van der Waals surface area contributed by atoms with E-state index < -0.39 is 0 Å². The lowest BCUT2D eigenvalue weighted by Gasteiger charge is -2.16. The van der Waals surface area contributed by atoms with Crippen LogP contribution >= 0.6 is 35.3 Å². The van der Waals surface area contributed by atoms with Crippen LogP contribution in [0.25, 0.3) is 0 Å².